The lowest BCUT2D eigenvalue weighted by molar-refractivity contribution is 0.105. The zero-order chi connectivity index (χ0) is 13.0. The summed E-state index contributed by atoms with van der Waals surface area (Å²) in [4.78, 5) is 2.29. The van der Waals surface area contributed by atoms with Crippen molar-refractivity contribution in [2.24, 2.45) is 0 Å². The number of methoxy groups -OCH3 is 1. The fraction of sp³-hybridized carbons (Fsp3) is 0.571. The summed E-state index contributed by atoms with van der Waals surface area (Å²) in [6, 6.07) is 5.87. The van der Waals surface area contributed by atoms with Gasteiger partial charge in [0, 0.05) is 32.7 Å². The largest absolute Gasteiger partial charge is 0.496 e. The molecule has 0 aliphatic carbocycles. The van der Waals surface area contributed by atoms with Crippen LogP contribution < -0.4 is 10.1 Å². The van der Waals surface area contributed by atoms with E-state index in [1.165, 1.54) is 0 Å². The summed E-state index contributed by atoms with van der Waals surface area (Å²) >= 11 is 0. The van der Waals surface area contributed by atoms with E-state index in [2.05, 4.69) is 10.2 Å². The number of piperazine rings is 1. The first kappa shape index (κ1) is 13.3. The molecule has 100 valence electrons. The predicted molar refractivity (Wildman–Crippen MR) is 72.0 cm³/mol. The Hall–Kier alpha value is -1.10. The molecule has 1 heterocycles. The molecule has 0 aromatic heterocycles. The molecule has 1 aliphatic rings. The lowest BCUT2D eigenvalue weighted by atomic mass is 10.1. The van der Waals surface area contributed by atoms with Crippen molar-refractivity contribution in [1.29, 1.82) is 0 Å². The first-order chi connectivity index (χ1) is 8.70. The van der Waals surface area contributed by atoms with Crippen LogP contribution in [0.1, 0.15) is 17.2 Å². The van der Waals surface area contributed by atoms with Gasteiger partial charge in [-0.25, -0.2) is 0 Å². The average molecular weight is 250 g/mol. The summed E-state index contributed by atoms with van der Waals surface area (Å²) in [6.07, 6.45) is -0.423. The highest BCUT2D eigenvalue weighted by Gasteiger charge is 2.16. The van der Waals surface area contributed by atoms with E-state index in [9.17, 15) is 5.11 Å². The van der Waals surface area contributed by atoms with E-state index in [1.54, 1.807) is 7.11 Å². The van der Waals surface area contributed by atoms with Crippen LogP contribution >= 0.6 is 0 Å². The fourth-order valence-electron chi connectivity index (χ4n) is 2.35. The van der Waals surface area contributed by atoms with Crippen molar-refractivity contribution in [3.8, 4) is 5.75 Å². The lowest BCUT2D eigenvalue weighted by Crippen LogP contribution is -2.44. The Morgan fingerprint density at radius 1 is 1.39 bits per heavy atom. The van der Waals surface area contributed by atoms with Gasteiger partial charge in [0.1, 0.15) is 5.75 Å². The van der Waals surface area contributed by atoms with Gasteiger partial charge in [0.05, 0.1) is 13.2 Å². The molecule has 1 aromatic rings. The molecule has 2 N–H and O–H groups in total. The third-order valence-corrected chi connectivity index (χ3v) is 3.44. The van der Waals surface area contributed by atoms with Gasteiger partial charge in [0.25, 0.3) is 0 Å². The van der Waals surface area contributed by atoms with Crippen LogP contribution in [0.2, 0.25) is 0 Å². The maximum Gasteiger partial charge on any atom is 0.121 e. The highest BCUT2D eigenvalue weighted by molar-refractivity contribution is 5.37. The highest BCUT2D eigenvalue weighted by atomic mass is 16.5. The van der Waals surface area contributed by atoms with Gasteiger partial charge in [-0.05, 0) is 30.2 Å². The van der Waals surface area contributed by atoms with E-state index >= 15 is 0 Å². The molecule has 1 saturated heterocycles. The number of ether oxygens (including phenoxy) is 1. The first-order valence-corrected chi connectivity index (χ1v) is 6.46. The SMILES string of the molecule is COc1ccc(C(O)CN2CCNCC2)cc1C. The van der Waals surface area contributed by atoms with Crippen LogP contribution in [0.3, 0.4) is 0 Å². The number of hydrogen-bond donors (Lipinski definition) is 2. The Kier molecular flexibility index (Phi) is 4.58. The summed E-state index contributed by atoms with van der Waals surface area (Å²) in [5.41, 5.74) is 2.03. The molecule has 0 bridgehead atoms. The van der Waals surface area contributed by atoms with Gasteiger partial charge in [-0.1, -0.05) is 6.07 Å². The van der Waals surface area contributed by atoms with Crippen LogP contribution in [-0.2, 0) is 0 Å². The molecule has 18 heavy (non-hydrogen) atoms. The lowest BCUT2D eigenvalue weighted by Gasteiger charge is -2.29. The summed E-state index contributed by atoms with van der Waals surface area (Å²) in [6.45, 7) is 6.73. The molecule has 2 rings (SSSR count). The standard InChI is InChI=1S/C14H22N2O2/c1-11-9-12(3-4-14(11)18-2)13(17)10-16-7-5-15-6-8-16/h3-4,9,13,15,17H,5-8,10H2,1-2H3. The van der Waals surface area contributed by atoms with Gasteiger partial charge < -0.3 is 15.2 Å². The number of nitrogens with zero attached hydrogens (tertiary/aromatic N) is 1. The molecule has 0 spiro atoms. The topological polar surface area (TPSA) is 44.7 Å². The Bertz CT molecular complexity index is 389. The third-order valence-electron chi connectivity index (χ3n) is 3.44. The number of rotatable bonds is 4. The van der Waals surface area contributed by atoms with E-state index in [1.807, 2.05) is 25.1 Å². The highest BCUT2D eigenvalue weighted by Crippen LogP contribution is 2.23. The van der Waals surface area contributed by atoms with Crippen molar-refractivity contribution in [1.82, 2.24) is 10.2 Å². The number of nitrogens with one attached hydrogen (secondary N) is 1. The molecular formula is C14H22N2O2. The Morgan fingerprint density at radius 2 is 2.11 bits per heavy atom. The number of aliphatic hydroxyl groups excluding tert-OH is 1. The van der Waals surface area contributed by atoms with Crippen molar-refractivity contribution >= 4 is 0 Å². The molecule has 0 amide bonds. The molecule has 0 saturated carbocycles. The van der Waals surface area contributed by atoms with E-state index in [0.717, 1.165) is 43.1 Å². The van der Waals surface area contributed by atoms with Gasteiger partial charge in [-0.15, -0.1) is 0 Å². The first-order valence-electron chi connectivity index (χ1n) is 6.46. The minimum atomic E-state index is -0.423. The number of benzene rings is 1. The average Bonchev–Trinajstić information content (AvgIpc) is 2.39. The quantitative estimate of drug-likeness (QED) is 0.835. The Balaban J connectivity index is 1.99. The van der Waals surface area contributed by atoms with Crippen molar-refractivity contribution in [2.45, 2.75) is 13.0 Å². The molecular weight excluding hydrogens is 228 g/mol. The second-order valence-electron chi connectivity index (χ2n) is 4.80. The van der Waals surface area contributed by atoms with Gasteiger partial charge in [0.2, 0.25) is 0 Å². The molecule has 4 heteroatoms. The van der Waals surface area contributed by atoms with Gasteiger partial charge >= 0.3 is 0 Å². The number of aliphatic hydroxyl groups is 1. The molecule has 1 fully saturated rings. The Labute approximate surface area is 109 Å². The van der Waals surface area contributed by atoms with Crippen molar-refractivity contribution in [3.63, 3.8) is 0 Å². The van der Waals surface area contributed by atoms with Crippen molar-refractivity contribution in [2.75, 3.05) is 39.8 Å². The maximum atomic E-state index is 10.3. The molecule has 1 unspecified atom stereocenters. The van der Waals surface area contributed by atoms with Crippen LogP contribution in [0, 0.1) is 6.92 Å². The van der Waals surface area contributed by atoms with Crippen LogP contribution in [0.15, 0.2) is 18.2 Å². The summed E-state index contributed by atoms with van der Waals surface area (Å²) in [5, 5.41) is 13.6. The summed E-state index contributed by atoms with van der Waals surface area (Å²) in [7, 11) is 1.67. The molecule has 1 atom stereocenters. The van der Waals surface area contributed by atoms with Crippen LogP contribution in [0.5, 0.6) is 5.75 Å². The van der Waals surface area contributed by atoms with E-state index in [4.69, 9.17) is 4.74 Å². The van der Waals surface area contributed by atoms with E-state index < -0.39 is 6.10 Å². The second-order valence-corrected chi connectivity index (χ2v) is 4.80. The molecule has 4 nitrogen and oxygen atoms in total. The second kappa shape index (κ2) is 6.18. The minimum Gasteiger partial charge on any atom is -0.496 e. The normalized spacial score (nSPS) is 18.6. The molecule has 1 aromatic carbocycles. The van der Waals surface area contributed by atoms with Gasteiger partial charge in [0.15, 0.2) is 0 Å². The van der Waals surface area contributed by atoms with Crippen molar-refractivity contribution < 1.29 is 9.84 Å². The van der Waals surface area contributed by atoms with Crippen LogP contribution in [0.25, 0.3) is 0 Å². The summed E-state index contributed by atoms with van der Waals surface area (Å²) < 4.78 is 5.23. The predicted octanol–water partition coefficient (Wildman–Crippen LogP) is 0.942. The number of aryl methyl sites for hydroxylation is 1. The van der Waals surface area contributed by atoms with Gasteiger partial charge in [-0.2, -0.15) is 0 Å². The van der Waals surface area contributed by atoms with Crippen molar-refractivity contribution in [3.05, 3.63) is 29.3 Å². The third kappa shape index (κ3) is 3.22. The van der Waals surface area contributed by atoms with E-state index in [0.29, 0.717) is 6.54 Å². The minimum absolute atomic E-state index is 0.423. The van der Waals surface area contributed by atoms with E-state index in [-0.39, 0.29) is 0 Å². The number of hydrogen-bond acceptors (Lipinski definition) is 4. The molecule has 0 radical (unpaired) electrons. The Morgan fingerprint density at radius 3 is 2.72 bits per heavy atom. The molecule has 1 aliphatic heterocycles. The zero-order valence-electron chi connectivity index (χ0n) is 11.1. The smallest absolute Gasteiger partial charge is 0.121 e. The fourth-order valence-corrected chi connectivity index (χ4v) is 2.35. The van der Waals surface area contributed by atoms with Crippen LogP contribution in [0.4, 0.5) is 0 Å². The summed E-state index contributed by atoms with van der Waals surface area (Å²) in [5.74, 6) is 0.869. The zero-order valence-corrected chi connectivity index (χ0v) is 11.1. The maximum absolute atomic E-state index is 10.3. The van der Waals surface area contributed by atoms with Gasteiger partial charge in [-0.3, -0.25) is 4.90 Å². The van der Waals surface area contributed by atoms with Crippen LogP contribution in [-0.4, -0.2) is 49.8 Å². The monoisotopic (exact) mass is 250 g/mol. The number of β-amino-alcohol motifs (C(OH)–C–C–N with tert-alkyl or cyclic N) is 1.